The second kappa shape index (κ2) is 9.94. The molecule has 9 heteroatoms. The molecule has 0 bridgehead atoms. The summed E-state index contributed by atoms with van der Waals surface area (Å²) < 4.78 is 32.3. The first-order valence-corrected chi connectivity index (χ1v) is 10.9. The maximum atomic E-state index is 13.5. The lowest BCUT2D eigenvalue weighted by Crippen LogP contribution is -2.41. The first-order valence-electron chi connectivity index (χ1n) is 10.5. The number of nitrogens with zero attached hydrogens (tertiary/aromatic N) is 3. The number of pyridine rings is 1. The Kier molecular flexibility index (Phi) is 8.03. The number of piperidine rings is 1. The molecule has 1 aliphatic heterocycles. The van der Waals surface area contributed by atoms with E-state index < -0.39 is 5.92 Å². The molecule has 0 aliphatic carbocycles. The second-order valence-electron chi connectivity index (χ2n) is 8.52. The van der Waals surface area contributed by atoms with Crippen LogP contribution in [0.25, 0.3) is 0 Å². The first-order chi connectivity index (χ1) is 14.4. The molecule has 3 rings (SSSR count). The van der Waals surface area contributed by atoms with Gasteiger partial charge in [-0.25, -0.2) is 13.8 Å². The van der Waals surface area contributed by atoms with Crippen molar-refractivity contribution in [2.75, 3.05) is 23.3 Å². The molecular weight excluding hydrogens is 426 g/mol. The van der Waals surface area contributed by atoms with Crippen molar-refractivity contribution in [1.82, 2.24) is 10.1 Å². The van der Waals surface area contributed by atoms with Crippen molar-refractivity contribution in [3.63, 3.8) is 0 Å². The predicted molar refractivity (Wildman–Crippen MR) is 119 cm³/mol. The largest absolute Gasteiger partial charge is 0.359 e. The van der Waals surface area contributed by atoms with Gasteiger partial charge in [0.1, 0.15) is 11.6 Å². The fourth-order valence-corrected chi connectivity index (χ4v) is 3.49. The molecule has 6 nitrogen and oxygen atoms in total. The number of hydrogen-bond acceptors (Lipinski definition) is 5. The Morgan fingerprint density at radius 2 is 1.94 bits per heavy atom. The topological polar surface area (TPSA) is 71.3 Å². The molecule has 1 unspecified atom stereocenters. The Balaban J connectivity index is 0.00000166. The van der Waals surface area contributed by atoms with Gasteiger partial charge >= 0.3 is 0 Å². The lowest BCUT2D eigenvalue weighted by Gasteiger charge is -2.33. The van der Waals surface area contributed by atoms with E-state index in [-0.39, 0.29) is 27.8 Å². The fraction of sp³-hybridized carbons (Fsp3) is 0.591. The van der Waals surface area contributed by atoms with Crippen molar-refractivity contribution < 1.29 is 18.1 Å². The summed E-state index contributed by atoms with van der Waals surface area (Å²) >= 11 is 6.21. The van der Waals surface area contributed by atoms with Gasteiger partial charge in [0.05, 0.1) is 10.9 Å². The van der Waals surface area contributed by atoms with E-state index >= 15 is 0 Å². The minimum absolute atomic E-state index is 0.149. The van der Waals surface area contributed by atoms with Gasteiger partial charge < -0.3 is 14.7 Å². The van der Waals surface area contributed by atoms with Gasteiger partial charge in [-0.2, -0.15) is 0 Å². The van der Waals surface area contributed by atoms with Crippen LogP contribution in [0.4, 0.5) is 20.4 Å². The molecule has 31 heavy (non-hydrogen) atoms. The van der Waals surface area contributed by atoms with Crippen molar-refractivity contribution in [2.45, 2.75) is 65.7 Å². The molecule has 1 N–H and O–H groups in total. The zero-order valence-corrected chi connectivity index (χ0v) is 19.7. The molecule has 0 radical (unpaired) electrons. The third-order valence-corrected chi connectivity index (χ3v) is 5.20. The molecule has 2 aromatic heterocycles. The predicted octanol–water partition coefficient (Wildman–Crippen LogP) is 6.01. The van der Waals surface area contributed by atoms with Crippen LogP contribution in [-0.4, -0.2) is 29.1 Å². The molecule has 3 heterocycles. The van der Waals surface area contributed by atoms with Gasteiger partial charge in [0, 0.05) is 43.3 Å². The first kappa shape index (κ1) is 25.0. The monoisotopic (exact) mass is 456 g/mol. The number of amides is 1. The molecule has 1 amide bonds. The third kappa shape index (κ3) is 6.38. The van der Waals surface area contributed by atoms with Gasteiger partial charge in [-0.15, -0.1) is 0 Å². The van der Waals surface area contributed by atoms with Crippen LogP contribution in [-0.2, 0) is 16.1 Å². The van der Waals surface area contributed by atoms with E-state index in [1.54, 1.807) is 6.07 Å². The highest BCUT2D eigenvalue weighted by Crippen LogP contribution is 2.34. The van der Waals surface area contributed by atoms with Crippen LogP contribution in [0.15, 0.2) is 22.9 Å². The highest BCUT2D eigenvalue weighted by atomic mass is 35.5. The van der Waals surface area contributed by atoms with Gasteiger partial charge in [-0.3, -0.25) is 4.79 Å². The standard InChI is InChI=1S/C20H25ClF2N4O2.C2H6/c1-19(2,3)15-9-16(26-29-15)25-18(28)12-6-5-7-27(11-12)17-14(21)8-13(10-24-17)20(4,22)23;1-2/h8-10,12H,5-7,11H2,1-4H3,(H,25,26,28);1-2H3. The van der Waals surface area contributed by atoms with Crippen molar-refractivity contribution in [2.24, 2.45) is 5.92 Å². The summed E-state index contributed by atoms with van der Waals surface area (Å²) in [5.74, 6) is -2.01. The molecule has 1 saturated heterocycles. The van der Waals surface area contributed by atoms with Gasteiger partial charge in [0.25, 0.3) is 5.92 Å². The summed E-state index contributed by atoms with van der Waals surface area (Å²) in [4.78, 5) is 18.7. The van der Waals surface area contributed by atoms with Crippen LogP contribution in [0.3, 0.4) is 0 Å². The number of rotatable bonds is 4. The van der Waals surface area contributed by atoms with E-state index in [1.807, 2.05) is 39.5 Å². The van der Waals surface area contributed by atoms with E-state index in [2.05, 4.69) is 15.5 Å². The molecule has 0 aromatic carbocycles. The molecule has 172 valence electrons. The van der Waals surface area contributed by atoms with Crippen LogP contribution < -0.4 is 10.2 Å². The smallest absolute Gasteiger partial charge is 0.272 e. The molecular formula is C22H31ClF2N4O2. The summed E-state index contributed by atoms with van der Waals surface area (Å²) in [6, 6.07) is 2.96. The van der Waals surface area contributed by atoms with Gasteiger partial charge in [0.2, 0.25) is 5.91 Å². The maximum Gasteiger partial charge on any atom is 0.272 e. The summed E-state index contributed by atoms with van der Waals surface area (Å²) in [7, 11) is 0. The second-order valence-corrected chi connectivity index (χ2v) is 8.93. The number of hydrogen-bond donors (Lipinski definition) is 1. The zero-order chi connectivity index (χ0) is 23.4. The number of nitrogens with one attached hydrogen (secondary N) is 1. The van der Waals surface area contributed by atoms with E-state index in [0.717, 1.165) is 19.5 Å². The van der Waals surface area contributed by atoms with Crippen LogP contribution in [0, 0.1) is 5.92 Å². The Hall–Kier alpha value is -2.22. The zero-order valence-electron chi connectivity index (χ0n) is 18.9. The molecule has 0 saturated carbocycles. The maximum absolute atomic E-state index is 13.5. The van der Waals surface area contributed by atoms with Gasteiger partial charge in [0.15, 0.2) is 5.82 Å². The number of anilines is 2. The number of halogens is 3. The van der Waals surface area contributed by atoms with E-state index in [1.165, 1.54) is 6.07 Å². The van der Waals surface area contributed by atoms with Gasteiger partial charge in [-0.1, -0.05) is 51.4 Å². The molecule has 2 aromatic rings. The SMILES string of the molecule is CC.CC(C)(C)c1cc(NC(=O)C2CCCN(c3ncc(C(C)(F)F)cc3Cl)C2)no1. The van der Waals surface area contributed by atoms with Crippen molar-refractivity contribution in [3.8, 4) is 0 Å². The molecule has 1 aliphatic rings. The minimum Gasteiger partial charge on any atom is -0.359 e. The van der Waals surface area contributed by atoms with Crippen LogP contribution in [0.5, 0.6) is 0 Å². The molecule has 1 fully saturated rings. The van der Waals surface area contributed by atoms with Crippen molar-refractivity contribution in [3.05, 3.63) is 34.7 Å². The minimum atomic E-state index is -3.01. The molecule has 1 atom stereocenters. The van der Waals surface area contributed by atoms with Gasteiger partial charge in [-0.05, 0) is 18.9 Å². The number of aromatic nitrogens is 2. The Labute approximate surface area is 187 Å². The normalized spacial score (nSPS) is 17.1. The van der Waals surface area contributed by atoms with Crippen LogP contribution in [0.1, 0.15) is 65.7 Å². The fourth-order valence-electron chi connectivity index (χ4n) is 3.20. The third-order valence-electron chi connectivity index (χ3n) is 4.92. The Morgan fingerprint density at radius 1 is 1.26 bits per heavy atom. The average molecular weight is 457 g/mol. The average Bonchev–Trinajstić information content (AvgIpc) is 3.18. The van der Waals surface area contributed by atoms with Crippen molar-refractivity contribution in [1.29, 1.82) is 0 Å². The quantitative estimate of drug-likeness (QED) is 0.609. The Bertz CT molecular complexity index is 890. The van der Waals surface area contributed by atoms with E-state index in [4.69, 9.17) is 16.1 Å². The Morgan fingerprint density at radius 3 is 2.48 bits per heavy atom. The van der Waals surface area contributed by atoms with Crippen LogP contribution >= 0.6 is 11.6 Å². The number of alkyl halides is 2. The molecule has 0 spiro atoms. The van der Waals surface area contributed by atoms with Crippen LogP contribution in [0.2, 0.25) is 5.02 Å². The summed E-state index contributed by atoms with van der Waals surface area (Å²) in [5.41, 5.74) is -0.445. The highest BCUT2D eigenvalue weighted by Gasteiger charge is 2.30. The lowest BCUT2D eigenvalue weighted by atomic mass is 9.93. The van der Waals surface area contributed by atoms with Crippen molar-refractivity contribution >= 4 is 29.1 Å². The van der Waals surface area contributed by atoms with E-state index in [0.29, 0.717) is 36.9 Å². The summed E-state index contributed by atoms with van der Waals surface area (Å²) in [5, 5.41) is 6.86. The summed E-state index contributed by atoms with van der Waals surface area (Å²) in [6.07, 6.45) is 2.59. The number of carbonyl (C=O) groups is 1. The summed E-state index contributed by atoms with van der Waals surface area (Å²) in [6.45, 7) is 11.8. The lowest BCUT2D eigenvalue weighted by molar-refractivity contribution is -0.120. The highest BCUT2D eigenvalue weighted by molar-refractivity contribution is 6.33. The van der Waals surface area contributed by atoms with E-state index in [9.17, 15) is 13.6 Å². The number of carbonyl (C=O) groups excluding carboxylic acids is 1.